The zero-order chi connectivity index (χ0) is 17.2. The average Bonchev–Trinajstić information content (AvgIpc) is 3.30. The number of hydrogen-bond donors (Lipinski definition) is 2. The predicted octanol–water partition coefficient (Wildman–Crippen LogP) is 2.98. The van der Waals surface area contributed by atoms with E-state index in [9.17, 15) is 4.79 Å². The fraction of sp³-hybridized carbons (Fsp3) is 0.200. The van der Waals surface area contributed by atoms with E-state index >= 15 is 0 Å². The maximum Gasteiger partial charge on any atom is 0.255 e. The number of aromatic nitrogens is 2. The molecule has 2 N–H and O–H groups in total. The van der Waals surface area contributed by atoms with Crippen LogP contribution < -0.4 is 10.1 Å². The molecule has 1 aliphatic carbocycles. The van der Waals surface area contributed by atoms with Crippen LogP contribution >= 0.6 is 0 Å². The lowest BCUT2D eigenvalue weighted by Crippen LogP contribution is -2.35. The van der Waals surface area contributed by atoms with Gasteiger partial charge in [-0.15, -0.1) is 0 Å². The van der Waals surface area contributed by atoms with Crippen molar-refractivity contribution in [3.05, 3.63) is 71.5 Å². The molecule has 2 aromatic carbocycles. The number of H-pyrrole nitrogens is 1. The normalized spacial score (nSPS) is 13.5. The summed E-state index contributed by atoms with van der Waals surface area (Å²) in [6.45, 7) is 0. The van der Waals surface area contributed by atoms with Crippen molar-refractivity contribution in [3.63, 3.8) is 0 Å². The minimum Gasteiger partial charge on any atom is -0.496 e. The van der Waals surface area contributed by atoms with Crippen molar-refractivity contribution >= 4 is 5.91 Å². The number of ether oxygens (including phenoxy) is 1. The largest absolute Gasteiger partial charge is 0.496 e. The second kappa shape index (κ2) is 6.43. The van der Waals surface area contributed by atoms with Crippen LogP contribution in [0.25, 0.3) is 11.1 Å². The summed E-state index contributed by atoms with van der Waals surface area (Å²) in [6.07, 6.45) is 5.29. The van der Waals surface area contributed by atoms with E-state index in [1.807, 2.05) is 30.5 Å². The summed E-state index contributed by atoms with van der Waals surface area (Å²) in [5, 5.41) is 9.88. The number of benzene rings is 2. The van der Waals surface area contributed by atoms with Crippen LogP contribution in [0.5, 0.6) is 5.75 Å². The third-order valence-corrected chi connectivity index (χ3v) is 4.66. The second-order valence-electron chi connectivity index (χ2n) is 6.25. The van der Waals surface area contributed by atoms with Gasteiger partial charge < -0.3 is 10.1 Å². The van der Waals surface area contributed by atoms with Gasteiger partial charge in [-0.3, -0.25) is 9.89 Å². The second-order valence-corrected chi connectivity index (χ2v) is 6.25. The third kappa shape index (κ3) is 3.01. The number of amides is 1. The maximum absolute atomic E-state index is 12.7. The summed E-state index contributed by atoms with van der Waals surface area (Å²) >= 11 is 0. The van der Waals surface area contributed by atoms with Gasteiger partial charge in [0, 0.05) is 17.8 Å². The molecule has 0 saturated heterocycles. The summed E-state index contributed by atoms with van der Waals surface area (Å²) in [4.78, 5) is 12.7. The molecular formula is C20H19N3O2. The van der Waals surface area contributed by atoms with Gasteiger partial charge in [0.1, 0.15) is 5.75 Å². The van der Waals surface area contributed by atoms with Gasteiger partial charge in [0.25, 0.3) is 5.91 Å². The average molecular weight is 333 g/mol. The van der Waals surface area contributed by atoms with E-state index in [4.69, 9.17) is 4.74 Å². The quantitative estimate of drug-likeness (QED) is 0.771. The fourth-order valence-corrected chi connectivity index (χ4v) is 3.39. The van der Waals surface area contributed by atoms with Crippen LogP contribution in [-0.2, 0) is 12.8 Å². The van der Waals surface area contributed by atoms with Gasteiger partial charge in [0.15, 0.2) is 0 Å². The molecule has 0 unspecified atom stereocenters. The highest BCUT2D eigenvalue weighted by Crippen LogP contribution is 2.27. The summed E-state index contributed by atoms with van der Waals surface area (Å²) in [5.41, 5.74) is 5.09. The first kappa shape index (κ1) is 15.4. The number of nitrogens with zero attached hydrogens (tertiary/aromatic N) is 1. The Bertz CT molecular complexity index is 878. The van der Waals surface area contributed by atoms with Gasteiger partial charge in [0.2, 0.25) is 0 Å². The SMILES string of the molecule is COc1cc(-c2cn[nH]c2)ccc1C(=O)NC1Cc2ccccc2C1. The maximum atomic E-state index is 12.7. The van der Waals surface area contributed by atoms with Crippen molar-refractivity contribution in [2.24, 2.45) is 0 Å². The van der Waals surface area contributed by atoms with Crippen LogP contribution in [-0.4, -0.2) is 29.3 Å². The smallest absolute Gasteiger partial charge is 0.255 e. The first-order chi connectivity index (χ1) is 12.2. The first-order valence-electron chi connectivity index (χ1n) is 8.29. The van der Waals surface area contributed by atoms with E-state index in [1.165, 1.54) is 11.1 Å². The van der Waals surface area contributed by atoms with Crippen molar-refractivity contribution in [1.82, 2.24) is 15.5 Å². The summed E-state index contributed by atoms with van der Waals surface area (Å²) in [5.74, 6) is 0.458. The minimum atomic E-state index is -0.103. The van der Waals surface area contributed by atoms with E-state index in [1.54, 1.807) is 19.4 Å². The fourth-order valence-electron chi connectivity index (χ4n) is 3.39. The van der Waals surface area contributed by atoms with Crippen LogP contribution in [0.15, 0.2) is 54.9 Å². The zero-order valence-electron chi connectivity index (χ0n) is 14.0. The van der Waals surface area contributed by atoms with E-state index in [0.29, 0.717) is 11.3 Å². The number of carbonyl (C=O) groups excluding carboxylic acids is 1. The molecule has 1 aromatic heterocycles. The minimum absolute atomic E-state index is 0.103. The molecule has 0 fully saturated rings. The molecule has 1 aliphatic rings. The van der Waals surface area contributed by atoms with Gasteiger partial charge >= 0.3 is 0 Å². The molecular weight excluding hydrogens is 314 g/mol. The van der Waals surface area contributed by atoms with Gasteiger partial charge in [-0.25, -0.2) is 0 Å². The number of hydrogen-bond acceptors (Lipinski definition) is 3. The molecule has 25 heavy (non-hydrogen) atoms. The summed E-state index contributed by atoms with van der Waals surface area (Å²) in [7, 11) is 1.58. The molecule has 0 spiro atoms. The molecule has 0 radical (unpaired) electrons. The Morgan fingerprint density at radius 3 is 2.56 bits per heavy atom. The van der Waals surface area contributed by atoms with Crippen molar-refractivity contribution in [2.45, 2.75) is 18.9 Å². The van der Waals surface area contributed by atoms with Gasteiger partial charge in [-0.2, -0.15) is 5.10 Å². The van der Waals surface area contributed by atoms with Gasteiger partial charge in [-0.05, 0) is 41.7 Å². The highest BCUT2D eigenvalue weighted by molar-refractivity contribution is 5.98. The Hall–Kier alpha value is -3.08. The molecule has 5 nitrogen and oxygen atoms in total. The highest BCUT2D eigenvalue weighted by Gasteiger charge is 2.24. The molecule has 126 valence electrons. The lowest BCUT2D eigenvalue weighted by molar-refractivity contribution is 0.0935. The van der Waals surface area contributed by atoms with Crippen LogP contribution in [0.1, 0.15) is 21.5 Å². The third-order valence-electron chi connectivity index (χ3n) is 4.66. The number of methoxy groups -OCH3 is 1. The predicted molar refractivity (Wildman–Crippen MR) is 95.7 cm³/mol. The molecule has 3 aromatic rings. The highest BCUT2D eigenvalue weighted by atomic mass is 16.5. The van der Waals surface area contributed by atoms with Crippen LogP contribution in [0.3, 0.4) is 0 Å². The number of aromatic amines is 1. The Balaban J connectivity index is 1.52. The summed E-state index contributed by atoms with van der Waals surface area (Å²) < 4.78 is 5.44. The molecule has 5 heteroatoms. The van der Waals surface area contributed by atoms with Crippen molar-refractivity contribution in [2.75, 3.05) is 7.11 Å². The van der Waals surface area contributed by atoms with E-state index in [0.717, 1.165) is 24.0 Å². The monoisotopic (exact) mass is 333 g/mol. The Labute approximate surface area is 146 Å². The molecule has 0 atom stereocenters. The van der Waals surface area contributed by atoms with Gasteiger partial charge in [-0.1, -0.05) is 30.3 Å². The Morgan fingerprint density at radius 1 is 1.16 bits per heavy atom. The van der Waals surface area contributed by atoms with E-state index in [2.05, 4.69) is 27.6 Å². The van der Waals surface area contributed by atoms with Crippen LogP contribution in [0.4, 0.5) is 0 Å². The molecule has 0 saturated carbocycles. The Kier molecular flexibility index (Phi) is 3.98. The lowest BCUT2D eigenvalue weighted by atomic mass is 10.0. The number of carbonyl (C=O) groups is 1. The molecule has 4 rings (SSSR count). The standard InChI is InChI=1S/C20H19N3O2/c1-25-19-10-15(16-11-21-22-12-16)6-7-18(19)20(24)23-17-8-13-4-2-3-5-14(13)9-17/h2-7,10-12,17H,8-9H2,1H3,(H,21,22)(H,23,24). The number of rotatable bonds is 4. The van der Waals surface area contributed by atoms with Crippen LogP contribution in [0, 0.1) is 0 Å². The Morgan fingerprint density at radius 2 is 1.92 bits per heavy atom. The number of nitrogens with one attached hydrogen (secondary N) is 2. The van der Waals surface area contributed by atoms with E-state index in [-0.39, 0.29) is 11.9 Å². The van der Waals surface area contributed by atoms with Crippen LogP contribution in [0.2, 0.25) is 0 Å². The molecule has 1 heterocycles. The van der Waals surface area contributed by atoms with Crippen molar-refractivity contribution < 1.29 is 9.53 Å². The zero-order valence-corrected chi connectivity index (χ0v) is 14.0. The first-order valence-corrected chi connectivity index (χ1v) is 8.29. The topological polar surface area (TPSA) is 67.0 Å². The van der Waals surface area contributed by atoms with Crippen molar-refractivity contribution in [1.29, 1.82) is 0 Å². The van der Waals surface area contributed by atoms with E-state index < -0.39 is 0 Å². The summed E-state index contributed by atoms with van der Waals surface area (Å²) in [6, 6.07) is 14.0. The lowest BCUT2D eigenvalue weighted by Gasteiger charge is -2.15. The number of fused-ring (bicyclic) bond motifs is 1. The molecule has 1 amide bonds. The van der Waals surface area contributed by atoms with Gasteiger partial charge in [0.05, 0.1) is 18.9 Å². The van der Waals surface area contributed by atoms with Crippen molar-refractivity contribution in [3.8, 4) is 16.9 Å². The molecule has 0 aliphatic heterocycles. The molecule has 0 bridgehead atoms.